The van der Waals surface area contributed by atoms with E-state index >= 15 is 0 Å². The first-order valence-electron chi connectivity index (χ1n) is 6.77. The summed E-state index contributed by atoms with van der Waals surface area (Å²) in [7, 11) is 0. The van der Waals surface area contributed by atoms with Crippen LogP contribution in [0.5, 0.6) is 0 Å². The SMILES string of the molecule is CC1CCCN(C(=O)CCc2ccc(N)cc2)C1. The Morgan fingerprint density at radius 1 is 1.39 bits per heavy atom. The zero-order chi connectivity index (χ0) is 13.0. The van der Waals surface area contributed by atoms with Gasteiger partial charge in [-0.2, -0.15) is 0 Å². The second kappa shape index (κ2) is 5.89. The van der Waals surface area contributed by atoms with Crippen molar-refractivity contribution in [2.75, 3.05) is 18.8 Å². The predicted octanol–water partition coefficient (Wildman–Crippen LogP) is 2.46. The normalized spacial score (nSPS) is 19.8. The van der Waals surface area contributed by atoms with E-state index in [1.165, 1.54) is 12.0 Å². The van der Waals surface area contributed by atoms with Gasteiger partial charge in [-0.25, -0.2) is 0 Å². The Hall–Kier alpha value is -1.51. The first-order valence-corrected chi connectivity index (χ1v) is 6.77. The monoisotopic (exact) mass is 246 g/mol. The number of nitrogen functional groups attached to an aromatic ring is 1. The Labute approximate surface area is 109 Å². The molecule has 3 nitrogen and oxygen atoms in total. The summed E-state index contributed by atoms with van der Waals surface area (Å²) >= 11 is 0. The number of carbonyl (C=O) groups excluding carboxylic acids is 1. The van der Waals surface area contributed by atoms with Gasteiger partial charge in [0.15, 0.2) is 0 Å². The summed E-state index contributed by atoms with van der Waals surface area (Å²) in [5, 5.41) is 0. The van der Waals surface area contributed by atoms with Crippen LogP contribution >= 0.6 is 0 Å². The first-order chi connectivity index (χ1) is 8.65. The molecule has 0 spiro atoms. The van der Waals surface area contributed by atoms with Crippen molar-refractivity contribution in [1.82, 2.24) is 4.90 Å². The van der Waals surface area contributed by atoms with Gasteiger partial charge in [0, 0.05) is 25.2 Å². The molecule has 0 aliphatic carbocycles. The molecule has 98 valence electrons. The van der Waals surface area contributed by atoms with Gasteiger partial charge in [-0.1, -0.05) is 19.1 Å². The molecule has 2 N–H and O–H groups in total. The molecular weight excluding hydrogens is 224 g/mol. The van der Waals surface area contributed by atoms with Crippen LogP contribution in [0.1, 0.15) is 31.7 Å². The van der Waals surface area contributed by atoms with E-state index in [0.29, 0.717) is 18.2 Å². The third-order valence-electron chi connectivity index (χ3n) is 3.62. The molecule has 1 atom stereocenters. The average Bonchev–Trinajstić information content (AvgIpc) is 2.38. The number of rotatable bonds is 3. The minimum absolute atomic E-state index is 0.290. The maximum Gasteiger partial charge on any atom is 0.222 e. The molecule has 1 unspecified atom stereocenters. The molecule has 1 fully saturated rings. The van der Waals surface area contributed by atoms with Gasteiger partial charge in [0.1, 0.15) is 0 Å². The van der Waals surface area contributed by atoms with Gasteiger partial charge < -0.3 is 10.6 Å². The van der Waals surface area contributed by atoms with Crippen LogP contribution in [0.2, 0.25) is 0 Å². The Morgan fingerprint density at radius 2 is 2.11 bits per heavy atom. The van der Waals surface area contributed by atoms with Crippen molar-refractivity contribution < 1.29 is 4.79 Å². The van der Waals surface area contributed by atoms with E-state index in [2.05, 4.69) is 6.92 Å². The lowest BCUT2D eigenvalue weighted by Crippen LogP contribution is -2.39. The van der Waals surface area contributed by atoms with Crippen LogP contribution in [0.25, 0.3) is 0 Å². The lowest BCUT2D eigenvalue weighted by molar-refractivity contribution is -0.132. The summed E-state index contributed by atoms with van der Waals surface area (Å²) in [4.78, 5) is 14.1. The van der Waals surface area contributed by atoms with E-state index in [1.54, 1.807) is 0 Å². The minimum atomic E-state index is 0.290. The van der Waals surface area contributed by atoms with E-state index in [1.807, 2.05) is 29.2 Å². The number of nitrogens with zero attached hydrogens (tertiary/aromatic N) is 1. The highest BCUT2D eigenvalue weighted by Crippen LogP contribution is 2.17. The molecule has 1 amide bonds. The van der Waals surface area contributed by atoms with Gasteiger partial charge in [0.2, 0.25) is 5.91 Å². The number of likely N-dealkylation sites (tertiary alicyclic amines) is 1. The number of nitrogens with two attached hydrogens (primary N) is 1. The fraction of sp³-hybridized carbons (Fsp3) is 0.533. The first kappa shape index (κ1) is 12.9. The standard InChI is InChI=1S/C15H22N2O/c1-12-3-2-10-17(11-12)15(18)9-6-13-4-7-14(16)8-5-13/h4-5,7-8,12H,2-3,6,9-11,16H2,1H3. The summed E-state index contributed by atoms with van der Waals surface area (Å²) < 4.78 is 0. The Bertz CT molecular complexity index is 399. The van der Waals surface area contributed by atoms with Gasteiger partial charge in [-0.15, -0.1) is 0 Å². The van der Waals surface area contributed by atoms with Gasteiger partial charge in [-0.05, 0) is 42.9 Å². The average molecular weight is 246 g/mol. The maximum absolute atomic E-state index is 12.1. The van der Waals surface area contributed by atoms with Crippen molar-refractivity contribution in [2.45, 2.75) is 32.6 Å². The van der Waals surface area contributed by atoms with Crippen LogP contribution in [-0.4, -0.2) is 23.9 Å². The van der Waals surface area contributed by atoms with E-state index < -0.39 is 0 Å². The van der Waals surface area contributed by atoms with Gasteiger partial charge in [0.05, 0.1) is 0 Å². The maximum atomic E-state index is 12.1. The molecule has 0 radical (unpaired) electrons. The zero-order valence-corrected chi connectivity index (χ0v) is 11.1. The number of anilines is 1. The smallest absolute Gasteiger partial charge is 0.222 e. The predicted molar refractivity (Wildman–Crippen MR) is 74.2 cm³/mol. The Balaban J connectivity index is 1.82. The number of hydrogen-bond donors (Lipinski definition) is 1. The number of aryl methyl sites for hydroxylation is 1. The molecule has 1 aliphatic rings. The number of benzene rings is 1. The number of piperidine rings is 1. The van der Waals surface area contributed by atoms with Gasteiger partial charge in [-0.3, -0.25) is 4.79 Å². The summed E-state index contributed by atoms with van der Waals surface area (Å²) in [5.41, 5.74) is 7.60. The fourth-order valence-corrected chi connectivity index (χ4v) is 2.51. The third kappa shape index (κ3) is 3.49. The molecule has 1 aromatic carbocycles. The molecular formula is C15H22N2O. The van der Waals surface area contributed by atoms with Gasteiger partial charge in [0.25, 0.3) is 0 Å². The van der Waals surface area contributed by atoms with Crippen LogP contribution in [0.15, 0.2) is 24.3 Å². The molecule has 0 bridgehead atoms. The van der Waals surface area contributed by atoms with Crippen molar-refractivity contribution in [3.63, 3.8) is 0 Å². The number of hydrogen-bond acceptors (Lipinski definition) is 2. The Kier molecular flexibility index (Phi) is 4.24. The molecule has 1 saturated heterocycles. The lowest BCUT2D eigenvalue weighted by atomic mass is 9.99. The van der Waals surface area contributed by atoms with Crippen molar-refractivity contribution in [3.8, 4) is 0 Å². The molecule has 0 saturated carbocycles. The number of amides is 1. The fourth-order valence-electron chi connectivity index (χ4n) is 2.51. The second-order valence-corrected chi connectivity index (χ2v) is 5.33. The van der Waals surface area contributed by atoms with E-state index in [0.717, 1.165) is 31.6 Å². The highest BCUT2D eigenvalue weighted by molar-refractivity contribution is 5.76. The molecule has 3 heteroatoms. The highest BCUT2D eigenvalue weighted by atomic mass is 16.2. The minimum Gasteiger partial charge on any atom is -0.399 e. The van der Waals surface area contributed by atoms with Crippen LogP contribution in [0.3, 0.4) is 0 Å². The second-order valence-electron chi connectivity index (χ2n) is 5.33. The largest absolute Gasteiger partial charge is 0.399 e. The molecule has 0 aromatic heterocycles. The zero-order valence-electron chi connectivity index (χ0n) is 11.1. The van der Waals surface area contributed by atoms with E-state index in [-0.39, 0.29) is 0 Å². The van der Waals surface area contributed by atoms with E-state index in [4.69, 9.17) is 5.73 Å². The quantitative estimate of drug-likeness (QED) is 0.833. The molecule has 1 aliphatic heterocycles. The van der Waals surface area contributed by atoms with Crippen molar-refractivity contribution in [3.05, 3.63) is 29.8 Å². The lowest BCUT2D eigenvalue weighted by Gasteiger charge is -2.31. The summed E-state index contributed by atoms with van der Waals surface area (Å²) in [5.74, 6) is 0.942. The molecule has 1 heterocycles. The topological polar surface area (TPSA) is 46.3 Å². The Morgan fingerprint density at radius 3 is 2.78 bits per heavy atom. The van der Waals surface area contributed by atoms with Gasteiger partial charge >= 0.3 is 0 Å². The van der Waals surface area contributed by atoms with Crippen molar-refractivity contribution in [1.29, 1.82) is 0 Å². The highest BCUT2D eigenvalue weighted by Gasteiger charge is 2.20. The molecule has 18 heavy (non-hydrogen) atoms. The van der Waals surface area contributed by atoms with Crippen LogP contribution in [0, 0.1) is 5.92 Å². The van der Waals surface area contributed by atoms with Crippen LogP contribution < -0.4 is 5.73 Å². The van der Waals surface area contributed by atoms with Crippen LogP contribution in [0.4, 0.5) is 5.69 Å². The summed E-state index contributed by atoms with van der Waals surface area (Å²) in [6, 6.07) is 7.79. The molecule has 1 aromatic rings. The third-order valence-corrected chi connectivity index (χ3v) is 3.62. The van der Waals surface area contributed by atoms with Crippen molar-refractivity contribution in [2.24, 2.45) is 5.92 Å². The summed E-state index contributed by atoms with van der Waals surface area (Å²) in [6.07, 6.45) is 3.82. The number of carbonyl (C=O) groups is 1. The van der Waals surface area contributed by atoms with Crippen LogP contribution in [-0.2, 0) is 11.2 Å². The molecule has 2 rings (SSSR count). The van der Waals surface area contributed by atoms with Crippen molar-refractivity contribution >= 4 is 11.6 Å². The van der Waals surface area contributed by atoms with E-state index in [9.17, 15) is 4.79 Å². The summed E-state index contributed by atoms with van der Waals surface area (Å²) in [6.45, 7) is 4.09.